The summed E-state index contributed by atoms with van der Waals surface area (Å²) in [5.41, 5.74) is 2.20. The molecule has 120 valence electrons. The van der Waals surface area contributed by atoms with Gasteiger partial charge in [0.05, 0.1) is 12.2 Å². The fraction of sp³-hybridized carbons (Fsp3) is 0.850. The zero-order valence-corrected chi connectivity index (χ0v) is 13.8. The molecule has 0 aromatic heterocycles. The van der Waals surface area contributed by atoms with Gasteiger partial charge in [0.25, 0.3) is 0 Å². The van der Waals surface area contributed by atoms with Gasteiger partial charge in [0.1, 0.15) is 0 Å². The molecule has 4 fully saturated rings. The van der Waals surface area contributed by atoms with Gasteiger partial charge in [0.15, 0.2) is 5.78 Å². The summed E-state index contributed by atoms with van der Waals surface area (Å²) in [6.45, 7) is 3.55. The molecule has 1 heterocycles. The van der Waals surface area contributed by atoms with E-state index in [-0.39, 0.29) is 5.60 Å². The molecule has 0 aromatic rings. The molecule has 5 aliphatic rings. The third-order valence-electron chi connectivity index (χ3n) is 8.47. The number of carbonyl (C=O) groups excluding carboxylic acids is 1. The van der Waals surface area contributed by atoms with E-state index in [1.54, 1.807) is 0 Å². The largest absolute Gasteiger partial charge is 0.374 e. The number of carbonyl (C=O) groups is 1. The first-order valence-corrected chi connectivity index (χ1v) is 9.50. The van der Waals surface area contributed by atoms with Gasteiger partial charge in [-0.1, -0.05) is 12.5 Å². The number of hydrogen-bond acceptors (Lipinski definition) is 2. The summed E-state index contributed by atoms with van der Waals surface area (Å²) >= 11 is 0. The van der Waals surface area contributed by atoms with Gasteiger partial charge in [-0.3, -0.25) is 4.79 Å². The minimum atomic E-state index is 0.251. The van der Waals surface area contributed by atoms with E-state index < -0.39 is 0 Å². The van der Waals surface area contributed by atoms with Crippen LogP contribution in [-0.4, -0.2) is 18.0 Å². The van der Waals surface area contributed by atoms with E-state index in [4.69, 9.17) is 4.74 Å². The van der Waals surface area contributed by atoms with Crippen molar-refractivity contribution >= 4 is 5.78 Å². The maximum Gasteiger partial charge on any atom is 0.155 e. The van der Waals surface area contributed by atoms with Crippen LogP contribution in [0, 0.1) is 29.1 Å². The lowest BCUT2D eigenvalue weighted by Crippen LogP contribution is -2.58. The van der Waals surface area contributed by atoms with Crippen LogP contribution >= 0.6 is 0 Å². The number of ketones is 1. The fourth-order valence-corrected chi connectivity index (χ4v) is 7.27. The maximum absolute atomic E-state index is 11.8. The Morgan fingerprint density at radius 2 is 1.91 bits per heavy atom. The normalized spacial score (nSPS) is 53.3. The molecule has 5 rings (SSSR count). The number of ether oxygens (including phenoxy) is 1. The average molecular weight is 300 g/mol. The van der Waals surface area contributed by atoms with E-state index in [1.807, 2.05) is 6.08 Å². The Morgan fingerprint density at radius 3 is 2.68 bits per heavy atom. The summed E-state index contributed by atoms with van der Waals surface area (Å²) in [7, 11) is 0. The Kier molecular flexibility index (Phi) is 2.80. The van der Waals surface area contributed by atoms with Crippen LogP contribution in [0.25, 0.3) is 0 Å². The topological polar surface area (TPSA) is 26.3 Å². The lowest BCUT2D eigenvalue weighted by Gasteiger charge is -2.59. The molecule has 1 saturated heterocycles. The second-order valence-electron chi connectivity index (χ2n) is 8.89. The zero-order valence-electron chi connectivity index (χ0n) is 13.8. The molecule has 0 bridgehead atoms. The molecule has 0 radical (unpaired) electrons. The van der Waals surface area contributed by atoms with Crippen molar-refractivity contribution in [2.45, 2.75) is 70.3 Å². The highest BCUT2D eigenvalue weighted by atomic mass is 16.5. The number of allylic oxidation sites excluding steroid dienone is 1. The molecule has 0 N–H and O–H groups in total. The van der Waals surface area contributed by atoms with Crippen LogP contribution in [0.1, 0.15) is 64.7 Å². The molecule has 22 heavy (non-hydrogen) atoms. The molecule has 1 spiro atoms. The number of rotatable bonds is 0. The third-order valence-corrected chi connectivity index (χ3v) is 8.47. The zero-order chi connectivity index (χ0) is 14.9. The van der Waals surface area contributed by atoms with Crippen molar-refractivity contribution in [2.75, 3.05) is 6.61 Å². The second kappa shape index (κ2) is 4.47. The van der Waals surface area contributed by atoms with Crippen LogP contribution in [-0.2, 0) is 9.53 Å². The van der Waals surface area contributed by atoms with Gasteiger partial charge in [0.2, 0.25) is 0 Å². The molecule has 0 unspecified atom stereocenters. The van der Waals surface area contributed by atoms with Gasteiger partial charge in [-0.2, -0.15) is 0 Å². The summed E-state index contributed by atoms with van der Waals surface area (Å²) in [6, 6.07) is 0. The quantitative estimate of drug-likeness (QED) is 0.667. The minimum absolute atomic E-state index is 0.251. The molecule has 1 aliphatic heterocycles. The number of fused-ring (bicyclic) bond motifs is 6. The molecule has 2 nitrogen and oxygen atoms in total. The van der Waals surface area contributed by atoms with Crippen molar-refractivity contribution in [3.63, 3.8) is 0 Å². The summed E-state index contributed by atoms with van der Waals surface area (Å²) in [4.78, 5) is 11.8. The lowest BCUT2D eigenvalue weighted by molar-refractivity contribution is -0.224. The third kappa shape index (κ3) is 1.58. The van der Waals surface area contributed by atoms with Gasteiger partial charge in [-0.25, -0.2) is 0 Å². The fourth-order valence-electron chi connectivity index (χ4n) is 7.27. The first-order valence-electron chi connectivity index (χ1n) is 9.50. The highest BCUT2D eigenvalue weighted by Gasteiger charge is 2.65. The molecule has 2 heteroatoms. The highest BCUT2D eigenvalue weighted by Crippen LogP contribution is 2.68. The smallest absolute Gasteiger partial charge is 0.155 e. The molecular weight excluding hydrogens is 272 g/mol. The predicted molar refractivity (Wildman–Crippen MR) is 85.4 cm³/mol. The van der Waals surface area contributed by atoms with Crippen LogP contribution in [0.2, 0.25) is 0 Å². The molecule has 0 amide bonds. The molecule has 3 saturated carbocycles. The van der Waals surface area contributed by atoms with Gasteiger partial charge in [-0.15, -0.1) is 0 Å². The van der Waals surface area contributed by atoms with Crippen molar-refractivity contribution in [3.8, 4) is 0 Å². The monoisotopic (exact) mass is 300 g/mol. The van der Waals surface area contributed by atoms with Crippen molar-refractivity contribution in [1.29, 1.82) is 0 Å². The van der Waals surface area contributed by atoms with E-state index in [0.29, 0.717) is 11.2 Å². The predicted octanol–water partition coefficient (Wildman–Crippen LogP) is 4.29. The standard InChI is InChI=1S/C20H28O2/c1-19-8-6-16-15-5-3-14(21)12-13(15)2-4-17(16)18(19)7-9-20(19)10-11-22-20/h12,15-18H,2-11H2,1H3/t15-,16-,17-,18+,19+,20-/m1/s1. The second-order valence-corrected chi connectivity index (χ2v) is 8.89. The Morgan fingerprint density at radius 1 is 1.05 bits per heavy atom. The Bertz CT molecular complexity index is 544. The maximum atomic E-state index is 11.8. The van der Waals surface area contributed by atoms with Gasteiger partial charge in [-0.05, 0) is 80.1 Å². The summed E-state index contributed by atoms with van der Waals surface area (Å²) in [5.74, 6) is 3.76. The van der Waals surface area contributed by atoms with Gasteiger partial charge >= 0.3 is 0 Å². The summed E-state index contributed by atoms with van der Waals surface area (Å²) in [6.07, 6.45) is 13.2. The van der Waals surface area contributed by atoms with Crippen LogP contribution in [0.3, 0.4) is 0 Å². The van der Waals surface area contributed by atoms with Gasteiger partial charge < -0.3 is 4.74 Å². The molecule has 4 aliphatic carbocycles. The summed E-state index contributed by atoms with van der Waals surface area (Å²) < 4.78 is 6.20. The average Bonchev–Trinajstić information content (AvgIpc) is 2.79. The Labute approximate surface area is 133 Å². The highest BCUT2D eigenvalue weighted by molar-refractivity contribution is 5.91. The SMILES string of the molecule is C[C@]12CC[C@H]3[C@@H](CCC4=CC(=O)CC[C@H]43)[C@@H]1CC[C@@]21CCO1. The molecular formula is C20H28O2. The molecule has 6 atom stereocenters. The van der Waals surface area contributed by atoms with Crippen molar-refractivity contribution < 1.29 is 9.53 Å². The van der Waals surface area contributed by atoms with E-state index >= 15 is 0 Å². The Balaban J connectivity index is 1.46. The van der Waals surface area contributed by atoms with Gasteiger partial charge in [0, 0.05) is 12.8 Å². The minimum Gasteiger partial charge on any atom is -0.374 e. The molecule has 0 aromatic carbocycles. The van der Waals surface area contributed by atoms with E-state index in [2.05, 4.69) is 6.92 Å². The van der Waals surface area contributed by atoms with Crippen LogP contribution in [0.15, 0.2) is 11.6 Å². The van der Waals surface area contributed by atoms with Crippen molar-refractivity contribution in [3.05, 3.63) is 11.6 Å². The lowest BCUT2D eigenvalue weighted by atomic mass is 9.50. The van der Waals surface area contributed by atoms with E-state index in [9.17, 15) is 4.79 Å². The van der Waals surface area contributed by atoms with Crippen LogP contribution in [0.4, 0.5) is 0 Å². The van der Waals surface area contributed by atoms with E-state index in [0.717, 1.165) is 43.1 Å². The first-order chi connectivity index (χ1) is 10.6. The van der Waals surface area contributed by atoms with Crippen molar-refractivity contribution in [1.82, 2.24) is 0 Å². The van der Waals surface area contributed by atoms with E-state index in [1.165, 1.54) is 50.5 Å². The number of hydrogen-bond donors (Lipinski definition) is 0. The van der Waals surface area contributed by atoms with Crippen LogP contribution < -0.4 is 0 Å². The Hall–Kier alpha value is -0.630. The first kappa shape index (κ1) is 13.8. The van der Waals surface area contributed by atoms with Crippen LogP contribution in [0.5, 0.6) is 0 Å². The summed E-state index contributed by atoms with van der Waals surface area (Å²) in [5, 5.41) is 0. The van der Waals surface area contributed by atoms with Crippen molar-refractivity contribution in [2.24, 2.45) is 29.1 Å².